The summed E-state index contributed by atoms with van der Waals surface area (Å²) in [6.07, 6.45) is 0.342. The minimum absolute atomic E-state index is 0.0187. The van der Waals surface area contributed by atoms with E-state index in [1.54, 1.807) is 23.1 Å². The number of hydrogen-bond donors (Lipinski definition) is 0. The second-order valence-electron chi connectivity index (χ2n) is 6.65. The molecular formula is C16H18Cl2N2O3S2. The van der Waals surface area contributed by atoms with Crippen molar-refractivity contribution >= 4 is 61.6 Å². The molecule has 2 aliphatic rings. The van der Waals surface area contributed by atoms with Gasteiger partial charge >= 0.3 is 0 Å². The second-order valence-corrected chi connectivity index (χ2v) is 10.9. The van der Waals surface area contributed by atoms with Crippen molar-refractivity contribution in [3.8, 4) is 0 Å². The quantitative estimate of drug-likeness (QED) is 0.746. The van der Waals surface area contributed by atoms with Gasteiger partial charge in [-0.2, -0.15) is 4.99 Å². The Balaban J connectivity index is 2.02. The van der Waals surface area contributed by atoms with Gasteiger partial charge < -0.3 is 4.90 Å². The first-order valence-electron chi connectivity index (χ1n) is 7.89. The first-order valence-corrected chi connectivity index (χ1v) is 11.3. The largest absolute Gasteiger partial charge is 0.314 e. The molecule has 3 rings (SSSR count). The molecule has 2 saturated heterocycles. The minimum Gasteiger partial charge on any atom is -0.314 e. The topological polar surface area (TPSA) is 66.8 Å². The van der Waals surface area contributed by atoms with Gasteiger partial charge in [-0.25, -0.2) is 8.42 Å². The molecule has 0 saturated carbocycles. The number of halogens is 2. The number of carbonyl (C=O) groups is 1. The van der Waals surface area contributed by atoms with E-state index < -0.39 is 9.84 Å². The molecule has 0 aromatic heterocycles. The summed E-state index contributed by atoms with van der Waals surface area (Å²) in [7, 11) is -3.12. The summed E-state index contributed by atoms with van der Waals surface area (Å²) in [5.41, 5.74) is 0.586. The summed E-state index contributed by atoms with van der Waals surface area (Å²) < 4.78 is 24.1. The van der Waals surface area contributed by atoms with Gasteiger partial charge in [-0.1, -0.05) is 48.8 Å². The van der Waals surface area contributed by atoms with Crippen molar-refractivity contribution in [3.63, 3.8) is 0 Å². The van der Waals surface area contributed by atoms with Gasteiger partial charge in [0.25, 0.3) is 0 Å². The lowest BCUT2D eigenvalue weighted by atomic mass is 10.1. The third kappa shape index (κ3) is 4.15. The van der Waals surface area contributed by atoms with E-state index in [1.165, 1.54) is 11.8 Å². The van der Waals surface area contributed by atoms with Crippen molar-refractivity contribution in [1.29, 1.82) is 0 Å². The Morgan fingerprint density at radius 3 is 2.76 bits per heavy atom. The fourth-order valence-corrected chi connectivity index (χ4v) is 7.32. The normalized spacial score (nSPS) is 26.4. The smallest absolute Gasteiger partial charge is 0.248 e. The number of sulfone groups is 1. The third-order valence-corrected chi connectivity index (χ3v) is 7.80. The number of thioether (sulfide) groups is 1. The number of nitrogens with zero attached hydrogens (tertiary/aromatic N) is 2. The van der Waals surface area contributed by atoms with Crippen molar-refractivity contribution in [2.45, 2.75) is 31.6 Å². The third-order valence-electron chi connectivity index (χ3n) is 4.04. The maximum absolute atomic E-state index is 12.2. The molecule has 1 amide bonds. The lowest BCUT2D eigenvalue weighted by molar-refractivity contribution is -0.118. The molecule has 9 heteroatoms. The van der Waals surface area contributed by atoms with Gasteiger partial charge in [0.15, 0.2) is 15.0 Å². The van der Waals surface area contributed by atoms with Gasteiger partial charge in [0.05, 0.1) is 28.3 Å². The molecule has 0 unspecified atom stereocenters. The van der Waals surface area contributed by atoms with Crippen molar-refractivity contribution in [2.24, 2.45) is 10.9 Å². The summed E-state index contributed by atoms with van der Waals surface area (Å²) >= 11 is 13.8. The molecule has 0 spiro atoms. The highest BCUT2D eigenvalue weighted by Gasteiger charge is 2.49. The molecule has 2 aliphatic heterocycles. The van der Waals surface area contributed by atoms with E-state index >= 15 is 0 Å². The number of amidine groups is 1. The van der Waals surface area contributed by atoms with Crippen LogP contribution in [0.4, 0.5) is 5.69 Å². The summed E-state index contributed by atoms with van der Waals surface area (Å²) in [6.45, 7) is 3.90. The number of carbonyl (C=O) groups excluding carboxylic acids is 1. The molecule has 0 aliphatic carbocycles. The molecule has 5 nitrogen and oxygen atoms in total. The van der Waals surface area contributed by atoms with E-state index in [0.29, 0.717) is 27.3 Å². The number of amides is 1. The second kappa shape index (κ2) is 7.10. The molecule has 2 atom stereocenters. The zero-order valence-electron chi connectivity index (χ0n) is 13.8. The Kier molecular flexibility index (Phi) is 5.40. The Morgan fingerprint density at radius 1 is 1.36 bits per heavy atom. The van der Waals surface area contributed by atoms with Gasteiger partial charge in [0.1, 0.15) is 0 Å². The van der Waals surface area contributed by atoms with Crippen LogP contribution in [0.1, 0.15) is 20.3 Å². The zero-order valence-corrected chi connectivity index (χ0v) is 16.9. The summed E-state index contributed by atoms with van der Waals surface area (Å²) in [5.74, 6) is 0.0779. The van der Waals surface area contributed by atoms with Crippen LogP contribution in [0.3, 0.4) is 0 Å². The highest BCUT2D eigenvalue weighted by molar-refractivity contribution is 8.16. The zero-order chi connectivity index (χ0) is 18.4. The van der Waals surface area contributed by atoms with Crippen LogP contribution in [0.5, 0.6) is 0 Å². The van der Waals surface area contributed by atoms with Crippen LogP contribution in [0, 0.1) is 5.92 Å². The van der Waals surface area contributed by atoms with Crippen LogP contribution in [0.25, 0.3) is 0 Å². The Bertz CT molecular complexity index is 840. The molecule has 1 aromatic carbocycles. The Morgan fingerprint density at radius 2 is 2.08 bits per heavy atom. The van der Waals surface area contributed by atoms with E-state index in [1.807, 2.05) is 13.8 Å². The van der Waals surface area contributed by atoms with Gasteiger partial charge in [0.2, 0.25) is 5.91 Å². The maximum Gasteiger partial charge on any atom is 0.248 e. The molecule has 0 radical (unpaired) electrons. The SMILES string of the molecule is CC(C)CC(=O)N=C1S[C@H]2CS(=O)(=O)C[C@@H]2N1c1cc(Cl)ccc1Cl. The van der Waals surface area contributed by atoms with Crippen LogP contribution in [0.15, 0.2) is 23.2 Å². The highest BCUT2D eigenvalue weighted by atomic mass is 35.5. The molecule has 1 aromatic rings. The number of benzene rings is 1. The molecule has 136 valence electrons. The summed E-state index contributed by atoms with van der Waals surface area (Å²) in [4.78, 5) is 18.2. The fraction of sp³-hybridized carbons (Fsp3) is 0.500. The summed E-state index contributed by atoms with van der Waals surface area (Å²) in [5, 5.41) is 1.27. The monoisotopic (exact) mass is 420 g/mol. The van der Waals surface area contributed by atoms with Gasteiger partial charge in [-0.3, -0.25) is 4.79 Å². The lowest BCUT2D eigenvalue weighted by Crippen LogP contribution is -2.38. The summed E-state index contributed by atoms with van der Waals surface area (Å²) in [6, 6.07) is 4.71. The van der Waals surface area contributed by atoms with E-state index in [2.05, 4.69) is 4.99 Å². The van der Waals surface area contributed by atoms with Gasteiger partial charge in [-0.05, 0) is 24.1 Å². The first kappa shape index (κ1) is 19.0. The highest BCUT2D eigenvalue weighted by Crippen LogP contribution is 2.43. The van der Waals surface area contributed by atoms with Crippen molar-refractivity contribution < 1.29 is 13.2 Å². The molecular weight excluding hydrogens is 403 g/mol. The Labute approximate surface area is 161 Å². The standard InChI is InChI=1S/C16H18Cl2N2O3S2/c1-9(2)5-15(21)19-16-20(12-6-10(17)3-4-11(12)18)13-7-25(22,23)8-14(13)24-16/h3-4,6,9,13-14H,5,7-8H2,1-2H3/t13-,14-/m0/s1. The molecule has 0 N–H and O–H groups in total. The van der Waals surface area contributed by atoms with E-state index in [0.717, 1.165) is 0 Å². The number of hydrogen-bond acceptors (Lipinski definition) is 4. The lowest BCUT2D eigenvalue weighted by Gasteiger charge is -2.25. The van der Waals surface area contributed by atoms with Gasteiger partial charge in [-0.15, -0.1) is 0 Å². The molecule has 25 heavy (non-hydrogen) atoms. The van der Waals surface area contributed by atoms with Crippen molar-refractivity contribution in [3.05, 3.63) is 28.2 Å². The first-order chi connectivity index (χ1) is 11.7. The average Bonchev–Trinajstić information content (AvgIpc) is 2.92. The maximum atomic E-state index is 12.2. The number of aliphatic imine (C=N–C) groups is 1. The van der Waals surface area contributed by atoms with E-state index in [4.69, 9.17) is 23.2 Å². The van der Waals surface area contributed by atoms with Crippen LogP contribution < -0.4 is 4.90 Å². The number of anilines is 1. The average molecular weight is 421 g/mol. The van der Waals surface area contributed by atoms with Crippen LogP contribution in [-0.4, -0.2) is 42.3 Å². The molecule has 0 bridgehead atoms. The molecule has 2 fully saturated rings. The van der Waals surface area contributed by atoms with E-state index in [-0.39, 0.29) is 34.6 Å². The predicted molar refractivity (Wildman–Crippen MR) is 105 cm³/mol. The van der Waals surface area contributed by atoms with Crippen molar-refractivity contribution in [2.75, 3.05) is 16.4 Å². The fourth-order valence-electron chi connectivity index (χ4n) is 3.02. The van der Waals surface area contributed by atoms with Crippen LogP contribution >= 0.6 is 35.0 Å². The van der Waals surface area contributed by atoms with Crippen molar-refractivity contribution in [1.82, 2.24) is 0 Å². The number of fused-ring (bicyclic) bond motifs is 1. The molecule has 2 heterocycles. The van der Waals surface area contributed by atoms with Crippen LogP contribution in [-0.2, 0) is 14.6 Å². The van der Waals surface area contributed by atoms with Crippen LogP contribution in [0.2, 0.25) is 10.0 Å². The van der Waals surface area contributed by atoms with Gasteiger partial charge in [0, 0.05) is 16.7 Å². The van der Waals surface area contributed by atoms with E-state index in [9.17, 15) is 13.2 Å². The Hall–Kier alpha value is -0.760. The number of rotatable bonds is 3. The minimum atomic E-state index is -3.12. The predicted octanol–water partition coefficient (Wildman–Crippen LogP) is 3.64.